The van der Waals surface area contributed by atoms with E-state index in [1.807, 2.05) is 78.9 Å². The van der Waals surface area contributed by atoms with Crippen molar-refractivity contribution in [3.8, 4) is 34.3 Å². The van der Waals surface area contributed by atoms with E-state index in [0.29, 0.717) is 0 Å². The Hall–Kier alpha value is -3.53. The Morgan fingerprint density at radius 2 is 1.30 bits per heavy atom. The van der Waals surface area contributed by atoms with Crippen LogP contribution in [0.15, 0.2) is 78.9 Å². The zero-order chi connectivity index (χ0) is 18.6. The summed E-state index contributed by atoms with van der Waals surface area (Å²) in [5.74, 6) is 3.09. The van der Waals surface area contributed by atoms with Crippen molar-refractivity contribution in [3.63, 3.8) is 0 Å². The SMILES string of the molecule is COc1ccc(OC)c2nc(-c3ccc(Oc4ccccc4)cc3)ccc12. The summed E-state index contributed by atoms with van der Waals surface area (Å²) in [4.78, 5) is 4.79. The summed E-state index contributed by atoms with van der Waals surface area (Å²) in [5.41, 5.74) is 2.64. The molecule has 0 aliphatic carbocycles. The summed E-state index contributed by atoms with van der Waals surface area (Å²) in [5, 5.41) is 0.921. The molecule has 1 heterocycles. The van der Waals surface area contributed by atoms with Gasteiger partial charge >= 0.3 is 0 Å². The number of hydrogen-bond donors (Lipinski definition) is 0. The molecule has 0 aliphatic rings. The molecule has 0 saturated heterocycles. The summed E-state index contributed by atoms with van der Waals surface area (Å²) in [7, 11) is 3.30. The van der Waals surface area contributed by atoms with Crippen LogP contribution in [0.4, 0.5) is 0 Å². The van der Waals surface area contributed by atoms with Gasteiger partial charge in [0.05, 0.1) is 19.9 Å². The molecule has 0 fully saturated rings. The summed E-state index contributed by atoms with van der Waals surface area (Å²) in [6.07, 6.45) is 0. The average molecular weight is 357 g/mol. The van der Waals surface area contributed by atoms with Gasteiger partial charge in [0.15, 0.2) is 0 Å². The quantitative estimate of drug-likeness (QED) is 0.459. The van der Waals surface area contributed by atoms with Crippen molar-refractivity contribution < 1.29 is 14.2 Å². The molecule has 3 aromatic carbocycles. The molecule has 0 amide bonds. The minimum absolute atomic E-state index is 0.719. The number of pyridine rings is 1. The maximum Gasteiger partial charge on any atom is 0.145 e. The number of rotatable bonds is 5. The first-order chi connectivity index (χ1) is 13.3. The number of benzene rings is 3. The highest BCUT2D eigenvalue weighted by Gasteiger charge is 2.10. The molecule has 134 valence electrons. The Labute approximate surface area is 158 Å². The first kappa shape index (κ1) is 16.9. The minimum Gasteiger partial charge on any atom is -0.496 e. The smallest absolute Gasteiger partial charge is 0.145 e. The highest BCUT2D eigenvalue weighted by Crippen LogP contribution is 2.34. The van der Waals surface area contributed by atoms with Crippen LogP contribution in [0.3, 0.4) is 0 Å². The van der Waals surface area contributed by atoms with Crippen LogP contribution in [0, 0.1) is 0 Å². The number of aromatic nitrogens is 1. The Bertz CT molecular complexity index is 1060. The van der Waals surface area contributed by atoms with Gasteiger partial charge in [0.25, 0.3) is 0 Å². The van der Waals surface area contributed by atoms with Crippen molar-refractivity contribution in [2.24, 2.45) is 0 Å². The lowest BCUT2D eigenvalue weighted by Crippen LogP contribution is -1.93. The van der Waals surface area contributed by atoms with Crippen LogP contribution in [-0.4, -0.2) is 19.2 Å². The molecule has 0 N–H and O–H groups in total. The Morgan fingerprint density at radius 3 is 2.00 bits per heavy atom. The molecule has 4 rings (SSSR count). The van der Waals surface area contributed by atoms with E-state index in [1.165, 1.54) is 0 Å². The fraction of sp³-hybridized carbons (Fsp3) is 0.0870. The van der Waals surface area contributed by atoms with Crippen molar-refractivity contribution in [2.45, 2.75) is 0 Å². The van der Waals surface area contributed by atoms with E-state index in [1.54, 1.807) is 14.2 Å². The Kier molecular flexibility index (Phi) is 4.62. The monoisotopic (exact) mass is 357 g/mol. The third-order valence-electron chi connectivity index (χ3n) is 4.35. The van der Waals surface area contributed by atoms with Gasteiger partial charge in [-0.15, -0.1) is 0 Å². The zero-order valence-electron chi connectivity index (χ0n) is 15.2. The first-order valence-electron chi connectivity index (χ1n) is 8.63. The maximum atomic E-state index is 5.85. The molecule has 0 atom stereocenters. The number of methoxy groups -OCH3 is 2. The molecule has 4 aromatic rings. The minimum atomic E-state index is 0.719. The lowest BCUT2D eigenvalue weighted by atomic mass is 10.1. The summed E-state index contributed by atoms with van der Waals surface area (Å²) in [6.45, 7) is 0. The summed E-state index contributed by atoms with van der Waals surface area (Å²) in [6, 6.07) is 25.3. The van der Waals surface area contributed by atoms with E-state index in [-0.39, 0.29) is 0 Å². The lowest BCUT2D eigenvalue weighted by Gasteiger charge is -2.11. The molecule has 27 heavy (non-hydrogen) atoms. The van der Waals surface area contributed by atoms with Crippen LogP contribution in [0.25, 0.3) is 22.2 Å². The van der Waals surface area contributed by atoms with Gasteiger partial charge in [-0.2, -0.15) is 0 Å². The van der Waals surface area contributed by atoms with E-state index >= 15 is 0 Å². The van der Waals surface area contributed by atoms with E-state index in [0.717, 1.165) is 45.2 Å². The molecule has 0 saturated carbocycles. The van der Waals surface area contributed by atoms with E-state index in [2.05, 4.69) is 0 Å². The van der Waals surface area contributed by atoms with Gasteiger partial charge in [-0.3, -0.25) is 0 Å². The molecule has 4 heteroatoms. The van der Waals surface area contributed by atoms with Crippen molar-refractivity contribution in [1.29, 1.82) is 0 Å². The fourth-order valence-electron chi connectivity index (χ4n) is 2.99. The third-order valence-corrected chi connectivity index (χ3v) is 4.35. The number of para-hydroxylation sites is 1. The molecule has 4 nitrogen and oxygen atoms in total. The molecule has 0 radical (unpaired) electrons. The van der Waals surface area contributed by atoms with Gasteiger partial charge in [0, 0.05) is 10.9 Å². The maximum absolute atomic E-state index is 5.85. The Balaban J connectivity index is 1.67. The van der Waals surface area contributed by atoms with Gasteiger partial charge in [-0.05, 0) is 60.7 Å². The van der Waals surface area contributed by atoms with Crippen molar-refractivity contribution in [3.05, 3.63) is 78.9 Å². The molecule has 0 spiro atoms. The third kappa shape index (κ3) is 3.42. The fourth-order valence-corrected chi connectivity index (χ4v) is 2.99. The van der Waals surface area contributed by atoms with Crippen LogP contribution in [-0.2, 0) is 0 Å². The second-order valence-electron chi connectivity index (χ2n) is 6.00. The van der Waals surface area contributed by atoms with Crippen molar-refractivity contribution in [2.75, 3.05) is 14.2 Å². The standard InChI is InChI=1S/C23H19NO3/c1-25-21-14-15-22(26-2)23-19(21)12-13-20(24-23)16-8-10-18(11-9-16)27-17-6-4-3-5-7-17/h3-15H,1-2H3. The molecule has 0 bridgehead atoms. The van der Waals surface area contributed by atoms with Crippen molar-refractivity contribution in [1.82, 2.24) is 4.98 Å². The van der Waals surface area contributed by atoms with Crippen LogP contribution in [0.5, 0.6) is 23.0 Å². The molecule has 0 unspecified atom stereocenters. The van der Waals surface area contributed by atoms with Gasteiger partial charge < -0.3 is 14.2 Å². The highest BCUT2D eigenvalue weighted by molar-refractivity contribution is 5.91. The van der Waals surface area contributed by atoms with E-state index < -0.39 is 0 Å². The lowest BCUT2D eigenvalue weighted by molar-refractivity contribution is 0.410. The number of ether oxygens (including phenoxy) is 3. The van der Waals surface area contributed by atoms with Crippen LogP contribution in [0.1, 0.15) is 0 Å². The van der Waals surface area contributed by atoms with Crippen LogP contribution < -0.4 is 14.2 Å². The average Bonchev–Trinajstić information content (AvgIpc) is 2.74. The largest absolute Gasteiger partial charge is 0.496 e. The number of fused-ring (bicyclic) bond motifs is 1. The van der Waals surface area contributed by atoms with E-state index in [4.69, 9.17) is 19.2 Å². The predicted molar refractivity (Wildman–Crippen MR) is 107 cm³/mol. The summed E-state index contributed by atoms with van der Waals surface area (Å²) < 4.78 is 16.7. The topological polar surface area (TPSA) is 40.6 Å². The highest BCUT2D eigenvalue weighted by atomic mass is 16.5. The summed E-state index contributed by atoms with van der Waals surface area (Å²) >= 11 is 0. The Morgan fingerprint density at radius 1 is 0.630 bits per heavy atom. The van der Waals surface area contributed by atoms with Gasteiger partial charge in [-0.25, -0.2) is 4.98 Å². The molecule has 1 aromatic heterocycles. The van der Waals surface area contributed by atoms with Crippen LogP contribution >= 0.6 is 0 Å². The van der Waals surface area contributed by atoms with Crippen molar-refractivity contribution >= 4 is 10.9 Å². The van der Waals surface area contributed by atoms with Gasteiger partial charge in [0.1, 0.15) is 28.5 Å². The zero-order valence-corrected chi connectivity index (χ0v) is 15.2. The normalized spacial score (nSPS) is 10.6. The van der Waals surface area contributed by atoms with E-state index in [9.17, 15) is 0 Å². The molecular formula is C23H19NO3. The first-order valence-corrected chi connectivity index (χ1v) is 8.63. The number of nitrogens with zero attached hydrogens (tertiary/aromatic N) is 1. The molecular weight excluding hydrogens is 338 g/mol. The second kappa shape index (κ2) is 7.38. The second-order valence-corrected chi connectivity index (χ2v) is 6.00. The van der Waals surface area contributed by atoms with Gasteiger partial charge in [-0.1, -0.05) is 18.2 Å². The predicted octanol–water partition coefficient (Wildman–Crippen LogP) is 5.71. The van der Waals surface area contributed by atoms with Crippen LogP contribution in [0.2, 0.25) is 0 Å². The number of hydrogen-bond acceptors (Lipinski definition) is 4. The van der Waals surface area contributed by atoms with Gasteiger partial charge in [0.2, 0.25) is 0 Å². The molecule has 0 aliphatic heterocycles.